The van der Waals surface area contributed by atoms with Crippen LogP contribution in [0.15, 0.2) is 42.5 Å². The van der Waals surface area contributed by atoms with Gasteiger partial charge in [0, 0.05) is 5.02 Å². The van der Waals surface area contributed by atoms with Gasteiger partial charge in [-0.05, 0) is 61.4 Å². The molecule has 0 fully saturated rings. The van der Waals surface area contributed by atoms with Gasteiger partial charge in [-0.25, -0.2) is 4.57 Å². The van der Waals surface area contributed by atoms with E-state index >= 15 is 0 Å². The third-order valence-corrected chi connectivity index (χ3v) is 4.17. The van der Waals surface area contributed by atoms with Crippen molar-refractivity contribution in [3.8, 4) is 11.5 Å². The topological polar surface area (TPSA) is 35.5 Å². The lowest BCUT2D eigenvalue weighted by Gasteiger charge is -2.16. The molecule has 3 nitrogen and oxygen atoms in total. The minimum Gasteiger partial charge on any atom is -0.416 e. The monoisotopic (exact) mass is 310 g/mol. The molecule has 0 radical (unpaired) electrons. The molecule has 0 aliphatic heterocycles. The van der Waals surface area contributed by atoms with Crippen molar-refractivity contribution in [2.24, 2.45) is 0 Å². The predicted molar refractivity (Wildman–Crippen MR) is 82.2 cm³/mol. The Morgan fingerprint density at radius 1 is 0.900 bits per heavy atom. The lowest BCUT2D eigenvalue weighted by molar-refractivity contribution is 0.393. The molecule has 0 aromatic heterocycles. The Balaban J connectivity index is 2.12. The zero-order chi connectivity index (χ0) is 14.8. The van der Waals surface area contributed by atoms with Crippen molar-refractivity contribution in [2.75, 3.05) is 6.66 Å². The normalized spacial score (nSPS) is 13.6. The van der Waals surface area contributed by atoms with Crippen LogP contribution in [0.25, 0.3) is 0 Å². The lowest BCUT2D eigenvalue weighted by atomic mass is 10.1. The molecule has 0 bridgehead atoms. The van der Waals surface area contributed by atoms with E-state index < -0.39 is 7.60 Å². The fourth-order valence-corrected chi connectivity index (χ4v) is 2.83. The van der Waals surface area contributed by atoms with Crippen molar-refractivity contribution >= 4 is 19.2 Å². The average molecular weight is 311 g/mol. The van der Waals surface area contributed by atoms with Gasteiger partial charge in [0.15, 0.2) is 0 Å². The second kappa shape index (κ2) is 5.90. The summed E-state index contributed by atoms with van der Waals surface area (Å²) in [7, 11) is -3.23. The summed E-state index contributed by atoms with van der Waals surface area (Å²) in [5.41, 5.74) is 2.23. The van der Waals surface area contributed by atoms with Gasteiger partial charge in [-0.3, -0.25) is 0 Å². The van der Waals surface area contributed by atoms with Crippen molar-refractivity contribution < 1.29 is 13.6 Å². The highest BCUT2D eigenvalue weighted by atomic mass is 35.5. The molecule has 2 aromatic carbocycles. The smallest absolute Gasteiger partial charge is 0.416 e. The van der Waals surface area contributed by atoms with Crippen LogP contribution in [-0.2, 0) is 4.57 Å². The largest absolute Gasteiger partial charge is 0.427 e. The Morgan fingerprint density at radius 2 is 1.45 bits per heavy atom. The highest BCUT2D eigenvalue weighted by molar-refractivity contribution is 7.53. The first-order valence-electron chi connectivity index (χ1n) is 6.15. The Bertz CT molecular complexity index is 653. The van der Waals surface area contributed by atoms with Crippen molar-refractivity contribution in [1.82, 2.24) is 0 Å². The van der Waals surface area contributed by atoms with Crippen LogP contribution in [0.5, 0.6) is 11.5 Å². The van der Waals surface area contributed by atoms with Gasteiger partial charge in [-0.1, -0.05) is 17.7 Å². The van der Waals surface area contributed by atoms with Crippen LogP contribution in [0.1, 0.15) is 11.1 Å². The van der Waals surface area contributed by atoms with Gasteiger partial charge in [0.25, 0.3) is 0 Å². The molecule has 0 heterocycles. The minimum absolute atomic E-state index is 0.462. The van der Waals surface area contributed by atoms with Crippen LogP contribution in [0.2, 0.25) is 5.02 Å². The number of hydrogen-bond donors (Lipinski definition) is 0. The maximum atomic E-state index is 12.4. The minimum atomic E-state index is -3.23. The number of rotatable bonds is 4. The Hall–Kier alpha value is -1.44. The summed E-state index contributed by atoms with van der Waals surface area (Å²) in [5, 5.41) is 0.596. The molecule has 2 rings (SSSR count). The summed E-state index contributed by atoms with van der Waals surface area (Å²) in [6.45, 7) is 5.43. The second-order valence-corrected chi connectivity index (χ2v) is 7.00. The van der Waals surface area contributed by atoms with Gasteiger partial charge in [-0.2, -0.15) is 0 Å². The average Bonchev–Trinajstić information content (AvgIpc) is 2.36. The zero-order valence-corrected chi connectivity index (χ0v) is 13.2. The van der Waals surface area contributed by atoms with Crippen LogP contribution in [0.4, 0.5) is 0 Å². The molecule has 0 saturated heterocycles. The van der Waals surface area contributed by atoms with E-state index in [9.17, 15) is 4.57 Å². The number of aryl methyl sites for hydroxylation is 2. The van der Waals surface area contributed by atoms with E-state index in [-0.39, 0.29) is 0 Å². The molecule has 5 heteroatoms. The summed E-state index contributed by atoms with van der Waals surface area (Å²) in [5.74, 6) is 0.997. The van der Waals surface area contributed by atoms with E-state index in [4.69, 9.17) is 20.6 Å². The first-order valence-corrected chi connectivity index (χ1v) is 8.52. The van der Waals surface area contributed by atoms with Crippen LogP contribution in [0, 0.1) is 13.8 Å². The molecule has 1 atom stereocenters. The molecule has 0 aliphatic carbocycles. The van der Waals surface area contributed by atoms with E-state index in [0.29, 0.717) is 16.5 Å². The van der Waals surface area contributed by atoms with E-state index in [2.05, 4.69) is 0 Å². The molecule has 2 aromatic rings. The Morgan fingerprint density at radius 3 is 2.05 bits per heavy atom. The van der Waals surface area contributed by atoms with E-state index in [1.165, 1.54) is 6.66 Å². The summed E-state index contributed by atoms with van der Waals surface area (Å²) >= 11 is 5.79. The third-order valence-electron chi connectivity index (χ3n) is 2.83. The SMILES string of the molecule is Cc1ccc(O[P@@](C)(=O)Oc2ccc(Cl)cc2)cc1C. The van der Waals surface area contributed by atoms with Crippen molar-refractivity contribution in [1.29, 1.82) is 0 Å². The Kier molecular flexibility index (Phi) is 4.42. The second-order valence-electron chi connectivity index (χ2n) is 4.65. The van der Waals surface area contributed by atoms with Crippen molar-refractivity contribution in [3.63, 3.8) is 0 Å². The van der Waals surface area contributed by atoms with Crippen LogP contribution < -0.4 is 9.05 Å². The van der Waals surface area contributed by atoms with Gasteiger partial charge >= 0.3 is 7.60 Å². The first-order chi connectivity index (χ1) is 9.35. The molecular weight excluding hydrogens is 295 g/mol. The molecule has 0 spiro atoms. The molecule has 106 valence electrons. The lowest BCUT2D eigenvalue weighted by Crippen LogP contribution is -1.99. The first kappa shape index (κ1) is 15.0. The van der Waals surface area contributed by atoms with E-state index in [0.717, 1.165) is 11.1 Å². The maximum absolute atomic E-state index is 12.4. The molecule has 0 aliphatic rings. The third kappa shape index (κ3) is 4.03. The highest BCUT2D eigenvalue weighted by Crippen LogP contribution is 2.45. The van der Waals surface area contributed by atoms with Crippen LogP contribution in [0.3, 0.4) is 0 Å². The van der Waals surface area contributed by atoms with Crippen molar-refractivity contribution in [2.45, 2.75) is 13.8 Å². The summed E-state index contributed by atoms with van der Waals surface area (Å²) in [4.78, 5) is 0. The van der Waals surface area contributed by atoms with Gasteiger partial charge in [0.1, 0.15) is 11.5 Å². The fraction of sp³-hybridized carbons (Fsp3) is 0.200. The van der Waals surface area contributed by atoms with Crippen LogP contribution >= 0.6 is 19.2 Å². The molecule has 0 amide bonds. The number of benzene rings is 2. The summed E-state index contributed by atoms with van der Waals surface area (Å²) in [6, 6.07) is 12.2. The fourth-order valence-electron chi connectivity index (χ4n) is 1.67. The van der Waals surface area contributed by atoms with E-state index in [1.807, 2.05) is 26.0 Å². The number of halogens is 1. The molecule has 0 saturated carbocycles. The molecule has 0 N–H and O–H groups in total. The van der Waals surface area contributed by atoms with Crippen molar-refractivity contribution in [3.05, 3.63) is 58.6 Å². The molecular formula is C15H16ClO3P. The Labute approximate surface area is 124 Å². The number of hydrogen-bond acceptors (Lipinski definition) is 3. The van der Waals surface area contributed by atoms with Gasteiger partial charge < -0.3 is 9.05 Å². The highest BCUT2D eigenvalue weighted by Gasteiger charge is 2.20. The van der Waals surface area contributed by atoms with Gasteiger partial charge in [0.05, 0.1) is 6.66 Å². The van der Waals surface area contributed by atoms with Crippen LogP contribution in [-0.4, -0.2) is 6.66 Å². The zero-order valence-electron chi connectivity index (χ0n) is 11.6. The van der Waals surface area contributed by atoms with E-state index in [1.54, 1.807) is 30.3 Å². The summed E-state index contributed by atoms with van der Waals surface area (Å²) in [6.07, 6.45) is 0. The van der Waals surface area contributed by atoms with Gasteiger partial charge in [0.2, 0.25) is 0 Å². The standard InChI is InChI=1S/C15H16ClO3P/c1-11-4-7-15(10-12(11)2)19-20(3,17)18-14-8-5-13(16)6-9-14/h4-10H,1-3H3/t20-/m0/s1. The molecule has 0 unspecified atom stereocenters. The predicted octanol–water partition coefficient (Wildman–Crippen LogP) is 5.24. The van der Waals surface area contributed by atoms with Gasteiger partial charge in [-0.15, -0.1) is 0 Å². The summed E-state index contributed by atoms with van der Waals surface area (Å²) < 4.78 is 23.2. The maximum Gasteiger partial charge on any atom is 0.427 e. The molecule has 20 heavy (non-hydrogen) atoms. The quantitative estimate of drug-likeness (QED) is 0.725.